The van der Waals surface area contributed by atoms with E-state index < -0.39 is 0 Å². The molecule has 2 fully saturated rings. The molecule has 152 valence electrons. The number of fused-ring (bicyclic) bond motifs is 1. The van der Waals surface area contributed by atoms with E-state index in [2.05, 4.69) is 0 Å². The van der Waals surface area contributed by atoms with Crippen LogP contribution in [0.3, 0.4) is 0 Å². The van der Waals surface area contributed by atoms with Gasteiger partial charge in [-0.15, -0.1) is 11.8 Å². The predicted octanol–water partition coefficient (Wildman–Crippen LogP) is 4.69. The van der Waals surface area contributed by atoms with Gasteiger partial charge in [-0.25, -0.2) is 4.39 Å². The molecule has 30 heavy (non-hydrogen) atoms. The number of thioether (sulfide) groups is 1. The third-order valence-corrected chi connectivity index (χ3v) is 7.58. The van der Waals surface area contributed by atoms with Crippen molar-refractivity contribution >= 4 is 40.0 Å². The first-order valence-electron chi connectivity index (χ1n) is 10.1. The van der Waals surface area contributed by atoms with Crippen molar-refractivity contribution in [3.63, 3.8) is 0 Å². The van der Waals surface area contributed by atoms with Crippen molar-refractivity contribution in [3.8, 4) is 0 Å². The van der Waals surface area contributed by atoms with E-state index in [1.165, 1.54) is 12.1 Å². The van der Waals surface area contributed by atoms with E-state index in [0.717, 1.165) is 22.0 Å². The Kier molecular flexibility index (Phi) is 4.74. The largest absolute Gasteiger partial charge is 0.338 e. The molecule has 0 aliphatic carbocycles. The first kappa shape index (κ1) is 19.1. The zero-order chi connectivity index (χ0) is 20.7. The Morgan fingerprint density at radius 1 is 0.933 bits per heavy atom. The second-order valence-electron chi connectivity index (χ2n) is 7.76. The number of rotatable bonds is 2. The SMILES string of the molecule is O=C(c1cccc2ccccc12)N1CCC2(CC1)SCC(=O)N2c1ccc(F)cc1. The van der Waals surface area contributed by atoms with Gasteiger partial charge in [0.05, 0.1) is 10.6 Å². The Bertz CT molecular complexity index is 1120. The lowest BCUT2D eigenvalue weighted by Crippen LogP contribution is -2.53. The van der Waals surface area contributed by atoms with Gasteiger partial charge in [0.2, 0.25) is 5.91 Å². The highest BCUT2D eigenvalue weighted by Gasteiger charge is 2.49. The van der Waals surface area contributed by atoms with Crippen LogP contribution in [0.2, 0.25) is 0 Å². The zero-order valence-electron chi connectivity index (χ0n) is 16.4. The van der Waals surface area contributed by atoms with Crippen LogP contribution in [0.4, 0.5) is 10.1 Å². The number of halogens is 1. The molecule has 5 rings (SSSR count). The van der Waals surface area contributed by atoms with Gasteiger partial charge >= 0.3 is 0 Å². The van der Waals surface area contributed by atoms with Crippen LogP contribution in [0.1, 0.15) is 23.2 Å². The van der Waals surface area contributed by atoms with E-state index in [9.17, 15) is 14.0 Å². The molecule has 3 aromatic rings. The van der Waals surface area contributed by atoms with Crippen LogP contribution in [-0.2, 0) is 4.79 Å². The predicted molar refractivity (Wildman–Crippen MR) is 118 cm³/mol. The highest BCUT2D eigenvalue weighted by atomic mass is 32.2. The third-order valence-electron chi connectivity index (χ3n) is 6.06. The topological polar surface area (TPSA) is 40.6 Å². The average molecular weight is 421 g/mol. The molecular weight excluding hydrogens is 399 g/mol. The summed E-state index contributed by atoms with van der Waals surface area (Å²) in [6.07, 6.45) is 1.38. The Morgan fingerprint density at radius 2 is 1.63 bits per heavy atom. The van der Waals surface area contributed by atoms with Crippen molar-refractivity contribution in [1.82, 2.24) is 4.90 Å². The summed E-state index contributed by atoms with van der Waals surface area (Å²) >= 11 is 1.64. The number of anilines is 1. The van der Waals surface area contributed by atoms with Crippen molar-refractivity contribution < 1.29 is 14.0 Å². The molecule has 2 aliphatic rings. The number of piperidine rings is 1. The summed E-state index contributed by atoms with van der Waals surface area (Å²) in [5.74, 6) is 0.168. The van der Waals surface area contributed by atoms with E-state index in [1.807, 2.05) is 52.3 Å². The third kappa shape index (κ3) is 3.16. The monoisotopic (exact) mass is 420 g/mol. The van der Waals surface area contributed by atoms with E-state index in [1.54, 1.807) is 23.9 Å². The van der Waals surface area contributed by atoms with E-state index in [4.69, 9.17) is 0 Å². The lowest BCUT2D eigenvalue weighted by molar-refractivity contribution is -0.116. The van der Waals surface area contributed by atoms with Crippen LogP contribution in [0, 0.1) is 5.82 Å². The van der Waals surface area contributed by atoms with Gasteiger partial charge in [0, 0.05) is 24.3 Å². The second-order valence-corrected chi connectivity index (χ2v) is 9.10. The van der Waals surface area contributed by atoms with Crippen LogP contribution in [0.5, 0.6) is 0 Å². The molecule has 0 aromatic heterocycles. The van der Waals surface area contributed by atoms with Crippen molar-refractivity contribution in [2.45, 2.75) is 17.7 Å². The number of carbonyl (C=O) groups is 2. The Balaban J connectivity index is 1.38. The van der Waals surface area contributed by atoms with E-state index in [0.29, 0.717) is 31.7 Å². The molecule has 2 heterocycles. The number of hydrogen-bond donors (Lipinski definition) is 0. The summed E-state index contributed by atoms with van der Waals surface area (Å²) in [5.41, 5.74) is 1.44. The summed E-state index contributed by atoms with van der Waals surface area (Å²) in [7, 11) is 0. The highest BCUT2D eigenvalue weighted by molar-refractivity contribution is 8.02. The van der Waals surface area contributed by atoms with Gasteiger partial charge in [0.15, 0.2) is 0 Å². The molecule has 0 bridgehead atoms. The minimum Gasteiger partial charge on any atom is -0.338 e. The van der Waals surface area contributed by atoms with Gasteiger partial charge in [0.25, 0.3) is 5.91 Å². The lowest BCUT2D eigenvalue weighted by atomic mass is 9.98. The molecule has 6 heteroatoms. The highest BCUT2D eigenvalue weighted by Crippen LogP contribution is 2.47. The Morgan fingerprint density at radius 3 is 2.40 bits per heavy atom. The standard InChI is InChI=1S/C24H21FN2O2S/c25-18-8-10-19(11-9-18)27-22(28)16-30-24(27)12-14-26(15-13-24)23(29)21-7-3-5-17-4-1-2-6-20(17)21/h1-11H,12-16H2. The van der Waals surface area contributed by atoms with Crippen molar-refractivity contribution in [3.05, 3.63) is 78.1 Å². The summed E-state index contributed by atoms with van der Waals surface area (Å²) in [6, 6.07) is 19.8. The fourth-order valence-corrected chi connectivity index (χ4v) is 5.86. The van der Waals surface area contributed by atoms with E-state index >= 15 is 0 Å². The summed E-state index contributed by atoms with van der Waals surface area (Å²) in [4.78, 5) is 29.2. The molecule has 0 N–H and O–H groups in total. The maximum absolute atomic E-state index is 13.4. The minimum absolute atomic E-state index is 0.0318. The Hall–Kier alpha value is -2.86. The molecule has 2 amide bonds. The fourth-order valence-electron chi connectivity index (χ4n) is 4.53. The molecule has 2 aliphatic heterocycles. The van der Waals surface area contributed by atoms with Gasteiger partial charge in [-0.05, 0) is 53.9 Å². The van der Waals surface area contributed by atoms with Crippen LogP contribution >= 0.6 is 11.8 Å². The molecule has 2 saturated heterocycles. The van der Waals surface area contributed by atoms with Gasteiger partial charge in [-0.3, -0.25) is 14.5 Å². The van der Waals surface area contributed by atoms with Crippen molar-refractivity contribution in [1.29, 1.82) is 0 Å². The fraction of sp³-hybridized carbons (Fsp3) is 0.250. The van der Waals surface area contributed by atoms with Crippen molar-refractivity contribution in [2.75, 3.05) is 23.7 Å². The first-order valence-corrected chi connectivity index (χ1v) is 11.1. The molecule has 4 nitrogen and oxygen atoms in total. The molecule has 3 aromatic carbocycles. The number of amides is 2. The summed E-state index contributed by atoms with van der Waals surface area (Å²) in [6.45, 7) is 1.17. The molecule has 0 atom stereocenters. The zero-order valence-corrected chi connectivity index (χ0v) is 17.2. The first-order chi connectivity index (χ1) is 14.6. The minimum atomic E-state index is -0.371. The maximum atomic E-state index is 13.4. The summed E-state index contributed by atoms with van der Waals surface area (Å²) in [5, 5.41) is 2.01. The van der Waals surface area contributed by atoms with Gasteiger partial charge < -0.3 is 4.90 Å². The second kappa shape index (κ2) is 7.43. The number of benzene rings is 3. The molecule has 0 saturated carbocycles. The number of hydrogen-bond acceptors (Lipinski definition) is 3. The lowest BCUT2D eigenvalue weighted by Gasteiger charge is -2.44. The average Bonchev–Trinajstić information content (AvgIpc) is 3.09. The van der Waals surface area contributed by atoms with Gasteiger partial charge in [0.1, 0.15) is 5.82 Å². The van der Waals surface area contributed by atoms with Crippen LogP contribution < -0.4 is 4.90 Å². The maximum Gasteiger partial charge on any atom is 0.254 e. The molecule has 1 spiro atoms. The van der Waals surface area contributed by atoms with Gasteiger partial charge in [-0.1, -0.05) is 36.4 Å². The Labute approximate surface area is 178 Å². The smallest absolute Gasteiger partial charge is 0.254 e. The van der Waals surface area contributed by atoms with Crippen LogP contribution in [-0.4, -0.2) is 40.4 Å². The van der Waals surface area contributed by atoms with Crippen molar-refractivity contribution in [2.24, 2.45) is 0 Å². The number of likely N-dealkylation sites (tertiary alicyclic amines) is 1. The normalized spacial score (nSPS) is 18.4. The molecule has 0 unspecified atom stereocenters. The van der Waals surface area contributed by atoms with Crippen LogP contribution in [0.15, 0.2) is 66.7 Å². The number of carbonyl (C=O) groups excluding carboxylic acids is 2. The van der Waals surface area contributed by atoms with E-state index in [-0.39, 0.29) is 22.5 Å². The number of nitrogens with zero attached hydrogens (tertiary/aromatic N) is 2. The summed E-state index contributed by atoms with van der Waals surface area (Å²) < 4.78 is 13.4. The molecular formula is C24H21FN2O2S. The van der Waals surface area contributed by atoms with Gasteiger partial charge in [-0.2, -0.15) is 0 Å². The molecule has 0 radical (unpaired) electrons. The quantitative estimate of drug-likeness (QED) is 0.604. The van der Waals surface area contributed by atoms with Crippen LogP contribution in [0.25, 0.3) is 10.8 Å².